The van der Waals surface area contributed by atoms with Crippen LogP contribution in [0.1, 0.15) is 47.4 Å². The largest absolute Gasteiger partial charge is 0.444 e. The Balaban J connectivity index is 2.46. The highest BCUT2D eigenvalue weighted by atomic mass is 16.6. The number of hydrogen-bond donors (Lipinski definition) is 3. The van der Waals surface area contributed by atoms with Crippen molar-refractivity contribution >= 4 is 12.1 Å². The number of aromatic nitrogens is 3. The van der Waals surface area contributed by atoms with Crippen molar-refractivity contribution in [1.29, 1.82) is 0 Å². The molecule has 0 aromatic carbocycles. The maximum absolute atomic E-state index is 12.0. The molecule has 1 rings (SSSR count). The van der Waals surface area contributed by atoms with Crippen LogP contribution >= 0.6 is 0 Å². The number of amides is 1. The van der Waals surface area contributed by atoms with Gasteiger partial charge in [0.2, 0.25) is 0 Å². The van der Waals surface area contributed by atoms with E-state index in [0.717, 1.165) is 18.8 Å². The van der Waals surface area contributed by atoms with Gasteiger partial charge in [0.1, 0.15) is 17.8 Å². The van der Waals surface area contributed by atoms with Crippen LogP contribution in [0.4, 0.5) is 4.79 Å². The summed E-state index contributed by atoms with van der Waals surface area (Å²) in [7, 11) is 1.72. The van der Waals surface area contributed by atoms with Crippen LogP contribution in [0.2, 0.25) is 0 Å². The lowest BCUT2D eigenvalue weighted by Crippen LogP contribution is -2.50. The molecule has 9 heteroatoms. The minimum atomic E-state index is -0.518. The quantitative estimate of drug-likeness (QED) is 0.466. The van der Waals surface area contributed by atoms with Gasteiger partial charge in [-0.3, -0.25) is 4.99 Å². The smallest absolute Gasteiger partial charge is 0.407 e. The van der Waals surface area contributed by atoms with Crippen LogP contribution < -0.4 is 16.0 Å². The fraction of sp³-hybridized carbons (Fsp3) is 0.778. The van der Waals surface area contributed by atoms with Crippen LogP contribution in [-0.2, 0) is 17.7 Å². The van der Waals surface area contributed by atoms with Gasteiger partial charge in [0, 0.05) is 33.1 Å². The molecule has 0 saturated heterocycles. The summed E-state index contributed by atoms with van der Waals surface area (Å²) in [5.74, 6) is 1.88. The predicted molar refractivity (Wildman–Crippen MR) is 107 cm³/mol. The Hall–Kier alpha value is -2.32. The average molecular weight is 382 g/mol. The van der Waals surface area contributed by atoms with E-state index in [-0.39, 0.29) is 12.0 Å². The molecule has 0 spiro atoms. The predicted octanol–water partition coefficient (Wildman–Crippen LogP) is 1.55. The van der Waals surface area contributed by atoms with Crippen molar-refractivity contribution in [3.8, 4) is 0 Å². The number of hydrogen-bond acceptors (Lipinski definition) is 5. The Morgan fingerprint density at radius 3 is 2.59 bits per heavy atom. The summed E-state index contributed by atoms with van der Waals surface area (Å²) in [4.78, 5) is 16.3. The number of carbonyl (C=O) groups is 1. The fourth-order valence-electron chi connectivity index (χ4n) is 2.37. The van der Waals surface area contributed by atoms with Crippen molar-refractivity contribution in [3.63, 3.8) is 0 Å². The van der Waals surface area contributed by atoms with Gasteiger partial charge in [-0.25, -0.2) is 4.79 Å². The molecule has 1 unspecified atom stereocenters. The first-order chi connectivity index (χ1) is 12.7. The van der Waals surface area contributed by atoms with E-state index in [1.807, 2.05) is 25.3 Å². The molecule has 27 heavy (non-hydrogen) atoms. The van der Waals surface area contributed by atoms with Gasteiger partial charge < -0.3 is 25.3 Å². The molecule has 0 aliphatic heterocycles. The van der Waals surface area contributed by atoms with Crippen LogP contribution in [0, 0.1) is 5.92 Å². The monoisotopic (exact) mass is 381 g/mol. The maximum atomic E-state index is 12.0. The normalized spacial score (nSPS) is 13.4. The summed E-state index contributed by atoms with van der Waals surface area (Å²) in [6, 6.07) is -0.0806. The molecule has 0 aliphatic rings. The Kier molecular flexibility index (Phi) is 9.04. The van der Waals surface area contributed by atoms with Gasteiger partial charge in [0.25, 0.3) is 0 Å². The Morgan fingerprint density at radius 2 is 2.04 bits per heavy atom. The van der Waals surface area contributed by atoms with Crippen molar-refractivity contribution in [3.05, 3.63) is 12.2 Å². The van der Waals surface area contributed by atoms with E-state index in [9.17, 15) is 4.79 Å². The summed E-state index contributed by atoms with van der Waals surface area (Å²) >= 11 is 0. The summed E-state index contributed by atoms with van der Waals surface area (Å²) < 4.78 is 7.36. The molecule has 1 atom stereocenters. The van der Waals surface area contributed by atoms with Gasteiger partial charge in [-0.05, 0) is 26.7 Å². The molecule has 0 saturated carbocycles. The molecule has 0 bridgehead atoms. The molecule has 1 amide bonds. The molecule has 3 N–H and O–H groups in total. The summed E-state index contributed by atoms with van der Waals surface area (Å²) in [5.41, 5.74) is -0.518. The van der Waals surface area contributed by atoms with E-state index < -0.39 is 11.7 Å². The molecular formula is C18H35N7O2. The van der Waals surface area contributed by atoms with E-state index in [1.54, 1.807) is 13.4 Å². The summed E-state index contributed by atoms with van der Waals surface area (Å²) in [6.45, 7) is 13.7. The van der Waals surface area contributed by atoms with E-state index >= 15 is 0 Å². The van der Waals surface area contributed by atoms with Crippen LogP contribution in [0.3, 0.4) is 0 Å². The molecule has 1 heterocycles. The lowest BCUT2D eigenvalue weighted by atomic mass is 10.0. The number of ether oxygens (including phenoxy) is 1. The van der Waals surface area contributed by atoms with Crippen molar-refractivity contribution in [2.45, 2.75) is 66.2 Å². The fourth-order valence-corrected chi connectivity index (χ4v) is 2.37. The third kappa shape index (κ3) is 8.74. The second kappa shape index (κ2) is 10.7. The zero-order valence-electron chi connectivity index (χ0n) is 17.7. The third-order valence-electron chi connectivity index (χ3n) is 3.88. The van der Waals surface area contributed by atoms with Crippen molar-refractivity contribution in [1.82, 2.24) is 30.7 Å². The van der Waals surface area contributed by atoms with E-state index in [0.29, 0.717) is 19.0 Å². The zero-order chi connectivity index (χ0) is 20.4. The average Bonchev–Trinajstić information content (AvgIpc) is 3.02. The van der Waals surface area contributed by atoms with Gasteiger partial charge in [-0.15, -0.1) is 10.2 Å². The second-order valence-electron chi connectivity index (χ2n) is 7.67. The standard InChI is InChI=1S/C18H35N7O2/c1-8-15-24-22-12-25(15)10-9-20-16(19-7)21-11-14(13(2)3)23-17(26)27-18(4,5)6/h12-14H,8-11H2,1-7H3,(H,23,26)(H2,19,20,21). The lowest BCUT2D eigenvalue weighted by molar-refractivity contribution is 0.0491. The molecule has 1 aromatic heterocycles. The van der Waals surface area contributed by atoms with Gasteiger partial charge in [-0.1, -0.05) is 20.8 Å². The van der Waals surface area contributed by atoms with Crippen LogP contribution in [0.25, 0.3) is 0 Å². The van der Waals surface area contributed by atoms with Gasteiger partial charge in [0.05, 0.1) is 6.04 Å². The van der Waals surface area contributed by atoms with Crippen molar-refractivity contribution in [2.24, 2.45) is 10.9 Å². The van der Waals surface area contributed by atoms with E-state index in [2.05, 4.69) is 51.9 Å². The Bertz CT molecular complexity index is 605. The molecular weight excluding hydrogens is 346 g/mol. The Morgan fingerprint density at radius 1 is 1.33 bits per heavy atom. The van der Waals surface area contributed by atoms with Crippen molar-refractivity contribution in [2.75, 3.05) is 20.1 Å². The highest BCUT2D eigenvalue weighted by Gasteiger charge is 2.21. The number of guanidine groups is 1. The second-order valence-corrected chi connectivity index (χ2v) is 7.67. The van der Waals surface area contributed by atoms with E-state index in [4.69, 9.17) is 4.74 Å². The minimum absolute atomic E-state index is 0.0806. The Labute approximate surface area is 162 Å². The van der Waals surface area contributed by atoms with Crippen LogP contribution in [-0.4, -0.2) is 58.6 Å². The third-order valence-corrected chi connectivity index (χ3v) is 3.88. The first-order valence-corrected chi connectivity index (χ1v) is 9.47. The molecule has 0 aliphatic carbocycles. The van der Waals surface area contributed by atoms with E-state index in [1.165, 1.54) is 0 Å². The summed E-state index contributed by atoms with van der Waals surface area (Å²) in [6.07, 6.45) is 2.17. The maximum Gasteiger partial charge on any atom is 0.407 e. The van der Waals surface area contributed by atoms with Crippen LogP contribution in [0.15, 0.2) is 11.3 Å². The van der Waals surface area contributed by atoms with Gasteiger partial charge in [0.15, 0.2) is 5.96 Å². The lowest BCUT2D eigenvalue weighted by Gasteiger charge is -2.26. The van der Waals surface area contributed by atoms with Gasteiger partial charge in [-0.2, -0.15) is 0 Å². The number of nitrogens with one attached hydrogen (secondary N) is 3. The number of aryl methyl sites for hydroxylation is 1. The highest BCUT2D eigenvalue weighted by molar-refractivity contribution is 5.79. The van der Waals surface area contributed by atoms with Crippen molar-refractivity contribution < 1.29 is 9.53 Å². The topological polar surface area (TPSA) is 105 Å². The number of carbonyl (C=O) groups excluding carboxylic acids is 1. The molecule has 0 fully saturated rings. The first kappa shape index (κ1) is 22.7. The number of rotatable bonds is 8. The number of alkyl carbamates (subject to hydrolysis) is 1. The molecule has 9 nitrogen and oxygen atoms in total. The zero-order valence-corrected chi connectivity index (χ0v) is 17.7. The number of nitrogens with zero attached hydrogens (tertiary/aromatic N) is 4. The highest BCUT2D eigenvalue weighted by Crippen LogP contribution is 2.08. The van der Waals surface area contributed by atoms with Gasteiger partial charge >= 0.3 is 6.09 Å². The SMILES string of the molecule is CCc1nncn1CCNC(=NC)NCC(NC(=O)OC(C)(C)C)C(C)C. The molecule has 154 valence electrons. The van der Waals surface area contributed by atoms with Crippen LogP contribution in [0.5, 0.6) is 0 Å². The minimum Gasteiger partial charge on any atom is -0.444 e. The first-order valence-electron chi connectivity index (χ1n) is 9.47. The summed E-state index contributed by atoms with van der Waals surface area (Å²) in [5, 5.41) is 17.4. The molecule has 0 radical (unpaired) electrons. The molecule has 1 aromatic rings. The number of aliphatic imine (C=N–C) groups is 1.